The monoisotopic (exact) mass is 251 g/mol. The molecule has 18 heavy (non-hydrogen) atoms. The van der Waals surface area contributed by atoms with Crippen LogP contribution >= 0.6 is 0 Å². The van der Waals surface area contributed by atoms with Crippen LogP contribution in [0.1, 0.15) is 49.8 Å². The van der Waals surface area contributed by atoms with Crippen LogP contribution in [-0.4, -0.2) is 36.0 Å². The standard InChI is InChI=1S/C13H21N3O2/c1(7-14-11-3-4-11)2-12-15-16-13(18-12)10-5-8-17-9-6-10/h10-11,14H,1-9H2. The smallest absolute Gasteiger partial charge is 0.219 e. The van der Waals surface area contributed by atoms with E-state index in [0.717, 1.165) is 63.3 Å². The van der Waals surface area contributed by atoms with Crippen LogP contribution in [0, 0.1) is 0 Å². The van der Waals surface area contributed by atoms with E-state index in [0.29, 0.717) is 5.92 Å². The summed E-state index contributed by atoms with van der Waals surface area (Å²) >= 11 is 0. The Balaban J connectivity index is 1.43. The van der Waals surface area contributed by atoms with E-state index in [1.165, 1.54) is 12.8 Å². The van der Waals surface area contributed by atoms with Gasteiger partial charge in [0.15, 0.2) is 0 Å². The highest BCUT2D eigenvalue weighted by molar-refractivity contribution is 4.93. The highest BCUT2D eigenvalue weighted by Gasteiger charge is 2.22. The summed E-state index contributed by atoms with van der Waals surface area (Å²) in [5.74, 6) is 2.00. The van der Waals surface area contributed by atoms with Crippen molar-refractivity contribution < 1.29 is 9.15 Å². The van der Waals surface area contributed by atoms with Crippen molar-refractivity contribution in [2.45, 2.75) is 50.5 Å². The molecule has 1 aliphatic carbocycles. The summed E-state index contributed by atoms with van der Waals surface area (Å²) in [6, 6.07) is 0.783. The molecule has 0 atom stereocenters. The maximum absolute atomic E-state index is 5.74. The summed E-state index contributed by atoms with van der Waals surface area (Å²) in [5.41, 5.74) is 0. The Morgan fingerprint density at radius 3 is 2.72 bits per heavy atom. The van der Waals surface area contributed by atoms with Crippen LogP contribution in [0.4, 0.5) is 0 Å². The maximum atomic E-state index is 5.74. The van der Waals surface area contributed by atoms with Crippen molar-refractivity contribution in [3.63, 3.8) is 0 Å². The first-order chi connectivity index (χ1) is 8.92. The Morgan fingerprint density at radius 2 is 1.94 bits per heavy atom. The van der Waals surface area contributed by atoms with Crippen LogP contribution in [-0.2, 0) is 11.2 Å². The van der Waals surface area contributed by atoms with Gasteiger partial charge in [0.2, 0.25) is 11.8 Å². The van der Waals surface area contributed by atoms with Crippen molar-refractivity contribution in [3.05, 3.63) is 11.8 Å². The number of aryl methyl sites for hydroxylation is 1. The molecule has 5 nitrogen and oxygen atoms in total. The molecule has 2 heterocycles. The Labute approximate surface area is 107 Å². The topological polar surface area (TPSA) is 60.2 Å². The lowest BCUT2D eigenvalue weighted by Gasteiger charge is -2.18. The normalized spacial score (nSPS) is 21.3. The molecule has 1 aliphatic heterocycles. The van der Waals surface area contributed by atoms with E-state index < -0.39 is 0 Å². The summed E-state index contributed by atoms with van der Waals surface area (Å²) in [4.78, 5) is 0. The minimum absolute atomic E-state index is 0.407. The average molecular weight is 251 g/mol. The van der Waals surface area contributed by atoms with Gasteiger partial charge in [-0.05, 0) is 38.6 Å². The van der Waals surface area contributed by atoms with Crippen molar-refractivity contribution in [2.24, 2.45) is 0 Å². The summed E-state index contributed by atoms with van der Waals surface area (Å²) in [5, 5.41) is 11.8. The Kier molecular flexibility index (Phi) is 3.90. The Morgan fingerprint density at radius 1 is 1.11 bits per heavy atom. The van der Waals surface area contributed by atoms with E-state index in [1.54, 1.807) is 0 Å². The van der Waals surface area contributed by atoms with Crippen LogP contribution < -0.4 is 5.32 Å². The zero-order chi connectivity index (χ0) is 12.2. The molecule has 1 saturated carbocycles. The molecule has 2 fully saturated rings. The van der Waals surface area contributed by atoms with Crippen LogP contribution in [0.3, 0.4) is 0 Å². The lowest BCUT2D eigenvalue weighted by molar-refractivity contribution is 0.0791. The zero-order valence-electron chi connectivity index (χ0n) is 10.7. The second-order valence-electron chi connectivity index (χ2n) is 5.25. The van der Waals surface area contributed by atoms with Crippen molar-refractivity contribution in [1.29, 1.82) is 0 Å². The fraction of sp³-hybridized carbons (Fsp3) is 0.846. The number of nitrogens with zero attached hydrogens (tertiary/aromatic N) is 2. The molecule has 0 aromatic carbocycles. The third-order valence-corrected chi connectivity index (χ3v) is 3.63. The highest BCUT2D eigenvalue weighted by Crippen LogP contribution is 2.25. The summed E-state index contributed by atoms with van der Waals surface area (Å²) in [7, 11) is 0. The number of hydrogen-bond donors (Lipinski definition) is 1. The first kappa shape index (κ1) is 12.1. The second-order valence-corrected chi connectivity index (χ2v) is 5.25. The van der Waals surface area contributed by atoms with E-state index in [9.17, 15) is 0 Å². The third kappa shape index (κ3) is 3.29. The van der Waals surface area contributed by atoms with E-state index in [2.05, 4.69) is 15.5 Å². The lowest BCUT2D eigenvalue weighted by Crippen LogP contribution is -2.17. The first-order valence-corrected chi connectivity index (χ1v) is 7.05. The minimum Gasteiger partial charge on any atom is -0.425 e. The second kappa shape index (κ2) is 5.80. The van der Waals surface area contributed by atoms with E-state index in [1.807, 2.05) is 0 Å². The molecule has 1 N–H and O–H groups in total. The Bertz CT molecular complexity index is 370. The van der Waals surface area contributed by atoms with Gasteiger partial charge in [-0.25, -0.2) is 0 Å². The summed E-state index contributed by atoms with van der Waals surface area (Å²) in [6.07, 6.45) is 6.65. The van der Waals surface area contributed by atoms with Gasteiger partial charge in [-0.3, -0.25) is 0 Å². The molecule has 1 aromatic rings. The summed E-state index contributed by atoms with van der Waals surface area (Å²) in [6.45, 7) is 2.68. The van der Waals surface area contributed by atoms with Crippen LogP contribution in [0.15, 0.2) is 4.42 Å². The average Bonchev–Trinajstić information content (AvgIpc) is 3.12. The van der Waals surface area contributed by atoms with Gasteiger partial charge in [-0.1, -0.05) is 0 Å². The molecule has 0 unspecified atom stereocenters. The van der Waals surface area contributed by atoms with Crippen LogP contribution in [0.25, 0.3) is 0 Å². The van der Waals surface area contributed by atoms with Gasteiger partial charge in [-0.15, -0.1) is 10.2 Å². The molecule has 2 aliphatic rings. The van der Waals surface area contributed by atoms with Gasteiger partial charge in [0.05, 0.1) is 0 Å². The number of aromatic nitrogens is 2. The lowest BCUT2D eigenvalue weighted by atomic mass is 10.0. The fourth-order valence-corrected chi connectivity index (χ4v) is 2.31. The molecular formula is C13H21N3O2. The van der Waals surface area contributed by atoms with E-state index >= 15 is 0 Å². The Hall–Kier alpha value is -0.940. The molecule has 0 bridgehead atoms. The predicted octanol–water partition coefficient (Wildman–Crippen LogP) is 1.65. The number of rotatable bonds is 6. The molecule has 0 amide bonds. The molecule has 5 heteroatoms. The third-order valence-electron chi connectivity index (χ3n) is 3.63. The van der Waals surface area contributed by atoms with Crippen molar-refractivity contribution in [1.82, 2.24) is 15.5 Å². The van der Waals surface area contributed by atoms with Gasteiger partial charge in [0, 0.05) is 31.6 Å². The van der Waals surface area contributed by atoms with Crippen molar-refractivity contribution >= 4 is 0 Å². The molecule has 0 radical (unpaired) electrons. The van der Waals surface area contributed by atoms with Crippen molar-refractivity contribution in [2.75, 3.05) is 19.8 Å². The number of ether oxygens (including phenoxy) is 1. The highest BCUT2D eigenvalue weighted by atomic mass is 16.5. The van der Waals surface area contributed by atoms with E-state index in [4.69, 9.17) is 9.15 Å². The van der Waals surface area contributed by atoms with Crippen molar-refractivity contribution in [3.8, 4) is 0 Å². The minimum atomic E-state index is 0.407. The largest absolute Gasteiger partial charge is 0.425 e. The van der Waals surface area contributed by atoms with Gasteiger partial charge in [0.25, 0.3) is 0 Å². The SMILES string of the molecule is C(CNC1CC1)Cc1nnc(C2CCOCC2)o1. The molecular weight excluding hydrogens is 230 g/mol. The van der Waals surface area contributed by atoms with Crippen LogP contribution in [0.2, 0.25) is 0 Å². The maximum Gasteiger partial charge on any atom is 0.219 e. The molecule has 1 saturated heterocycles. The molecule has 100 valence electrons. The molecule has 0 spiro atoms. The summed E-state index contributed by atoms with van der Waals surface area (Å²) < 4.78 is 11.1. The molecule has 3 rings (SSSR count). The van der Waals surface area contributed by atoms with E-state index in [-0.39, 0.29) is 0 Å². The number of hydrogen-bond acceptors (Lipinski definition) is 5. The zero-order valence-corrected chi connectivity index (χ0v) is 10.7. The van der Waals surface area contributed by atoms with Gasteiger partial charge >= 0.3 is 0 Å². The molecule has 1 aromatic heterocycles. The number of nitrogens with one attached hydrogen (secondary N) is 1. The first-order valence-electron chi connectivity index (χ1n) is 7.05. The predicted molar refractivity (Wildman–Crippen MR) is 66.4 cm³/mol. The van der Waals surface area contributed by atoms with Crippen LogP contribution in [0.5, 0.6) is 0 Å². The fourth-order valence-electron chi connectivity index (χ4n) is 2.31. The van der Waals surface area contributed by atoms with Gasteiger partial charge in [-0.2, -0.15) is 0 Å². The van der Waals surface area contributed by atoms with Gasteiger partial charge in [0.1, 0.15) is 0 Å². The van der Waals surface area contributed by atoms with Gasteiger partial charge < -0.3 is 14.5 Å². The quantitative estimate of drug-likeness (QED) is 0.779.